The number of hydrogen-bond donors (Lipinski definition) is 1. The van der Waals surface area contributed by atoms with Crippen LogP contribution in [-0.4, -0.2) is 15.9 Å². The first-order chi connectivity index (χ1) is 11.7. The number of aryl methyl sites for hydroxylation is 1. The van der Waals surface area contributed by atoms with Crippen molar-refractivity contribution in [3.63, 3.8) is 0 Å². The fraction of sp³-hybridized carbons (Fsp3) is 0.0556. The van der Waals surface area contributed by atoms with E-state index in [1.165, 1.54) is 11.3 Å². The molecule has 0 unspecified atom stereocenters. The Bertz CT molecular complexity index is 1020. The van der Waals surface area contributed by atoms with Gasteiger partial charge in [-0.05, 0) is 30.5 Å². The number of nitrogens with zero attached hydrogens (tertiary/aromatic N) is 2. The first kappa shape index (κ1) is 14.6. The van der Waals surface area contributed by atoms with Gasteiger partial charge in [0.2, 0.25) is 5.89 Å². The summed E-state index contributed by atoms with van der Waals surface area (Å²) in [6.07, 6.45) is 1.63. The van der Waals surface area contributed by atoms with Crippen LogP contribution in [0.4, 0.5) is 5.69 Å². The molecule has 0 saturated heterocycles. The molecule has 0 aliphatic heterocycles. The molecule has 4 rings (SSSR count). The van der Waals surface area contributed by atoms with E-state index >= 15 is 0 Å². The van der Waals surface area contributed by atoms with Gasteiger partial charge in [-0.15, -0.1) is 11.3 Å². The summed E-state index contributed by atoms with van der Waals surface area (Å²) in [5.41, 5.74) is 1.79. The Labute approximate surface area is 142 Å². The van der Waals surface area contributed by atoms with Gasteiger partial charge in [-0.1, -0.05) is 24.3 Å². The molecular formula is C18H13N3O2S. The second kappa shape index (κ2) is 5.90. The summed E-state index contributed by atoms with van der Waals surface area (Å²) in [6.45, 7) is 1.73. The maximum absolute atomic E-state index is 12.5. The van der Waals surface area contributed by atoms with Gasteiger partial charge in [0.15, 0.2) is 5.69 Å². The summed E-state index contributed by atoms with van der Waals surface area (Å²) in [7, 11) is 0. The molecule has 0 saturated carbocycles. The number of hydrogen-bond acceptors (Lipinski definition) is 5. The number of rotatable bonds is 3. The fourth-order valence-corrected chi connectivity index (χ4v) is 3.09. The van der Waals surface area contributed by atoms with E-state index < -0.39 is 0 Å². The SMILES string of the molecule is Cc1oc(-c2cccs2)nc1C(=O)Nc1cnc2ccccc2c1. The molecule has 1 N–H and O–H groups in total. The van der Waals surface area contributed by atoms with Crippen LogP contribution in [0, 0.1) is 6.92 Å². The number of para-hydroxylation sites is 1. The normalized spacial score (nSPS) is 10.9. The lowest BCUT2D eigenvalue weighted by atomic mass is 10.2. The molecule has 0 spiro atoms. The molecule has 0 radical (unpaired) electrons. The second-order valence-corrected chi connectivity index (χ2v) is 6.22. The van der Waals surface area contributed by atoms with E-state index in [-0.39, 0.29) is 11.6 Å². The average Bonchev–Trinajstić information content (AvgIpc) is 3.24. The number of anilines is 1. The van der Waals surface area contributed by atoms with Crippen LogP contribution in [0.1, 0.15) is 16.2 Å². The summed E-state index contributed by atoms with van der Waals surface area (Å²) >= 11 is 1.52. The highest BCUT2D eigenvalue weighted by atomic mass is 32.1. The Morgan fingerprint density at radius 2 is 2.08 bits per heavy atom. The highest BCUT2D eigenvalue weighted by Crippen LogP contribution is 2.26. The smallest absolute Gasteiger partial charge is 0.277 e. The van der Waals surface area contributed by atoms with Crippen molar-refractivity contribution in [3.05, 3.63) is 65.5 Å². The predicted octanol–water partition coefficient (Wildman–Crippen LogP) is 4.51. The zero-order valence-electron chi connectivity index (χ0n) is 12.8. The molecular weight excluding hydrogens is 322 g/mol. The number of fused-ring (bicyclic) bond motifs is 1. The lowest BCUT2D eigenvalue weighted by Crippen LogP contribution is -2.13. The molecule has 0 atom stereocenters. The number of benzene rings is 1. The molecule has 5 nitrogen and oxygen atoms in total. The highest BCUT2D eigenvalue weighted by Gasteiger charge is 2.18. The fourth-order valence-electron chi connectivity index (χ4n) is 2.44. The third kappa shape index (κ3) is 2.68. The summed E-state index contributed by atoms with van der Waals surface area (Å²) in [5.74, 6) is 0.644. The van der Waals surface area contributed by atoms with Crippen LogP contribution in [0.25, 0.3) is 21.7 Å². The Hall–Kier alpha value is -2.99. The molecule has 0 fully saturated rings. The van der Waals surface area contributed by atoms with Crippen molar-refractivity contribution in [2.45, 2.75) is 6.92 Å². The summed E-state index contributed by atoms with van der Waals surface area (Å²) in [4.78, 5) is 22.1. The number of amides is 1. The van der Waals surface area contributed by atoms with Gasteiger partial charge in [0.1, 0.15) is 5.76 Å². The van der Waals surface area contributed by atoms with E-state index in [1.54, 1.807) is 13.1 Å². The largest absolute Gasteiger partial charge is 0.440 e. The van der Waals surface area contributed by atoms with Crippen LogP contribution in [0.15, 0.2) is 58.5 Å². The maximum atomic E-state index is 12.5. The van der Waals surface area contributed by atoms with Crippen molar-refractivity contribution in [1.82, 2.24) is 9.97 Å². The van der Waals surface area contributed by atoms with Crippen LogP contribution in [0.3, 0.4) is 0 Å². The van der Waals surface area contributed by atoms with Gasteiger partial charge in [-0.2, -0.15) is 0 Å². The van der Waals surface area contributed by atoms with Crippen molar-refractivity contribution in [2.75, 3.05) is 5.32 Å². The van der Waals surface area contributed by atoms with E-state index in [1.807, 2.05) is 47.8 Å². The van der Waals surface area contributed by atoms with E-state index in [9.17, 15) is 4.79 Å². The van der Waals surface area contributed by atoms with Gasteiger partial charge in [0.05, 0.1) is 22.3 Å². The lowest BCUT2D eigenvalue weighted by molar-refractivity contribution is 0.102. The minimum absolute atomic E-state index is 0.284. The Morgan fingerprint density at radius 3 is 2.92 bits per heavy atom. The highest BCUT2D eigenvalue weighted by molar-refractivity contribution is 7.13. The molecule has 4 aromatic rings. The molecule has 0 aliphatic rings. The van der Waals surface area contributed by atoms with E-state index in [2.05, 4.69) is 15.3 Å². The van der Waals surface area contributed by atoms with Crippen molar-refractivity contribution < 1.29 is 9.21 Å². The Balaban J connectivity index is 1.61. The van der Waals surface area contributed by atoms with Gasteiger partial charge in [0, 0.05) is 5.39 Å². The first-order valence-corrected chi connectivity index (χ1v) is 8.26. The number of thiophene rings is 1. The van der Waals surface area contributed by atoms with Gasteiger partial charge >= 0.3 is 0 Å². The maximum Gasteiger partial charge on any atom is 0.277 e. The van der Waals surface area contributed by atoms with E-state index in [4.69, 9.17) is 4.42 Å². The Morgan fingerprint density at radius 1 is 1.21 bits per heavy atom. The van der Waals surface area contributed by atoms with Crippen LogP contribution in [0.5, 0.6) is 0 Å². The monoisotopic (exact) mass is 335 g/mol. The minimum atomic E-state index is -0.309. The third-order valence-corrected chi connectivity index (χ3v) is 4.45. The number of nitrogens with one attached hydrogen (secondary N) is 1. The zero-order chi connectivity index (χ0) is 16.5. The van der Waals surface area contributed by atoms with Crippen molar-refractivity contribution >= 4 is 33.8 Å². The average molecular weight is 335 g/mol. The molecule has 3 aromatic heterocycles. The van der Waals surface area contributed by atoms with Crippen LogP contribution >= 0.6 is 11.3 Å². The van der Waals surface area contributed by atoms with Crippen molar-refractivity contribution in [2.24, 2.45) is 0 Å². The summed E-state index contributed by atoms with van der Waals surface area (Å²) < 4.78 is 5.61. The van der Waals surface area contributed by atoms with E-state index in [0.717, 1.165) is 15.8 Å². The number of carbonyl (C=O) groups excluding carboxylic acids is 1. The summed E-state index contributed by atoms with van der Waals surface area (Å²) in [5, 5.41) is 5.73. The van der Waals surface area contributed by atoms with Gasteiger partial charge in [0.25, 0.3) is 5.91 Å². The zero-order valence-corrected chi connectivity index (χ0v) is 13.6. The Kier molecular flexibility index (Phi) is 3.59. The standard InChI is InChI=1S/C18H13N3O2S/c1-11-16(21-18(23-11)15-7-4-8-24-15)17(22)20-13-9-12-5-2-3-6-14(12)19-10-13/h2-10H,1H3,(H,20,22). The number of pyridine rings is 1. The molecule has 0 aliphatic carbocycles. The molecule has 1 aromatic carbocycles. The molecule has 24 heavy (non-hydrogen) atoms. The molecule has 118 valence electrons. The molecule has 1 amide bonds. The number of oxazole rings is 1. The van der Waals surface area contributed by atoms with E-state index in [0.29, 0.717) is 17.3 Å². The second-order valence-electron chi connectivity index (χ2n) is 5.27. The van der Waals surface area contributed by atoms with Gasteiger partial charge < -0.3 is 9.73 Å². The van der Waals surface area contributed by atoms with Crippen LogP contribution in [-0.2, 0) is 0 Å². The summed E-state index contributed by atoms with van der Waals surface area (Å²) in [6, 6.07) is 13.5. The minimum Gasteiger partial charge on any atom is -0.440 e. The lowest BCUT2D eigenvalue weighted by Gasteiger charge is -2.04. The number of carbonyl (C=O) groups is 1. The topological polar surface area (TPSA) is 68.0 Å². The third-order valence-electron chi connectivity index (χ3n) is 3.59. The molecule has 0 bridgehead atoms. The van der Waals surface area contributed by atoms with Gasteiger partial charge in [-0.3, -0.25) is 9.78 Å². The number of aromatic nitrogens is 2. The quantitative estimate of drug-likeness (QED) is 0.598. The van der Waals surface area contributed by atoms with Crippen LogP contribution < -0.4 is 5.32 Å². The van der Waals surface area contributed by atoms with Crippen molar-refractivity contribution in [3.8, 4) is 10.8 Å². The first-order valence-electron chi connectivity index (χ1n) is 7.38. The molecule has 6 heteroatoms. The van der Waals surface area contributed by atoms with Crippen LogP contribution in [0.2, 0.25) is 0 Å². The molecule has 3 heterocycles. The van der Waals surface area contributed by atoms with Gasteiger partial charge in [-0.25, -0.2) is 4.98 Å². The predicted molar refractivity (Wildman–Crippen MR) is 94.2 cm³/mol. The van der Waals surface area contributed by atoms with Crippen molar-refractivity contribution in [1.29, 1.82) is 0 Å².